The van der Waals surface area contributed by atoms with Crippen molar-refractivity contribution in [1.29, 1.82) is 0 Å². The first-order chi connectivity index (χ1) is 13.5. The number of hydrogen-bond donors (Lipinski definition) is 1. The van der Waals surface area contributed by atoms with Gasteiger partial charge in [-0.2, -0.15) is 13.2 Å². The molecule has 1 fully saturated rings. The van der Waals surface area contributed by atoms with Gasteiger partial charge >= 0.3 is 6.18 Å². The van der Waals surface area contributed by atoms with Crippen LogP contribution in [0, 0.1) is 5.92 Å². The molecule has 28 heavy (non-hydrogen) atoms. The summed E-state index contributed by atoms with van der Waals surface area (Å²) in [6, 6.07) is 8.25. The molecule has 0 aliphatic carbocycles. The number of hydrogen-bond acceptors (Lipinski definition) is 3. The Labute approximate surface area is 162 Å². The predicted octanol–water partition coefficient (Wildman–Crippen LogP) is 4.45. The lowest BCUT2D eigenvalue weighted by Gasteiger charge is -2.42. The van der Waals surface area contributed by atoms with Crippen molar-refractivity contribution >= 4 is 5.69 Å². The maximum atomic E-state index is 13.8. The average Bonchev–Trinajstić information content (AvgIpc) is 3.15. The summed E-state index contributed by atoms with van der Waals surface area (Å²) in [6.07, 6.45) is -2.45. The van der Waals surface area contributed by atoms with E-state index in [2.05, 4.69) is 10.2 Å². The zero-order valence-corrected chi connectivity index (χ0v) is 15.8. The minimum absolute atomic E-state index is 0.224. The lowest BCUT2D eigenvalue weighted by atomic mass is 9.78. The van der Waals surface area contributed by atoms with Gasteiger partial charge in [0.05, 0.1) is 12.7 Å². The third-order valence-corrected chi connectivity index (χ3v) is 6.45. The van der Waals surface area contributed by atoms with Crippen molar-refractivity contribution < 1.29 is 17.9 Å². The smallest absolute Gasteiger partial charge is 0.417 e. The number of benzene rings is 2. The second kappa shape index (κ2) is 6.41. The summed E-state index contributed by atoms with van der Waals surface area (Å²) in [6.45, 7) is 3.98. The van der Waals surface area contributed by atoms with E-state index in [4.69, 9.17) is 4.74 Å². The van der Waals surface area contributed by atoms with Crippen LogP contribution in [-0.4, -0.2) is 33.3 Å². The Kier molecular flexibility index (Phi) is 4.09. The van der Waals surface area contributed by atoms with E-state index in [0.717, 1.165) is 45.1 Å². The summed E-state index contributed by atoms with van der Waals surface area (Å²) in [5.74, 6) is 1.14. The number of anilines is 1. The van der Waals surface area contributed by atoms with E-state index in [1.807, 2.05) is 12.1 Å². The van der Waals surface area contributed by atoms with Gasteiger partial charge in [-0.3, -0.25) is 0 Å². The molecule has 1 saturated heterocycles. The van der Waals surface area contributed by atoms with Crippen molar-refractivity contribution in [2.45, 2.75) is 24.9 Å². The van der Waals surface area contributed by atoms with Gasteiger partial charge in [0, 0.05) is 37.8 Å². The molecule has 2 aromatic rings. The van der Waals surface area contributed by atoms with E-state index in [0.29, 0.717) is 17.4 Å². The molecule has 0 aromatic heterocycles. The number of halogens is 3. The van der Waals surface area contributed by atoms with E-state index < -0.39 is 11.7 Å². The summed E-state index contributed by atoms with van der Waals surface area (Å²) < 4.78 is 46.4. The Morgan fingerprint density at radius 3 is 2.79 bits per heavy atom. The predicted molar refractivity (Wildman–Crippen MR) is 103 cm³/mol. The average molecular weight is 388 g/mol. The van der Waals surface area contributed by atoms with Crippen LogP contribution in [0.2, 0.25) is 0 Å². The van der Waals surface area contributed by atoms with Crippen molar-refractivity contribution in [3.63, 3.8) is 0 Å². The maximum Gasteiger partial charge on any atom is 0.417 e. The van der Waals surface area contributed by atoms with Crippen LogP contribution in [0.4, 0.5) is 18.9 Å². The molecule has 0 saturated carbocycles. The first kappa shape index (κ1) is 17.9. The van der Waals surface area contributed by atoms with Gasteiger partial charge in [-0.1, -0.05) is 6.07 Å². The van der Waals surface area contributed by atoms with Crippen LogP contribution in [0.3, 0.4) is 0 Å². The number of ether oxygens (including phenoxy) is 1. The third kappa shape index (κ3) is 2.77. The minimum Gasteiger partial charge on any atom is -0.497 e. The van der Waals surface area contributed by atoms with E-state index in [1.165, 1.54) is 23.9 Å². The van der Waals surface area contributed by atoms with E-state index in [-0.39, 0.29) is 11.3 Å². The van der Waals surface area contributed by atoms with Gasteiger partial charge in [0.15, 0.2) is 0 Å². The Morgan fingerprint density at radius 2 is 2.00 bits per heavy atom. The van der Waals surface area contributed by atoms with Crippen molar-refractivity contribution in [3.05, 3.63) is 47.0 Å². The molecular formula is C22H23F3N2O. The summed E-state index contributed by atoms with van der Waals surface area (Å²) in [5.41, 5.74) is 3.95. The molecular weight excluding hydrogens is 365 g/mol. The standard InChI is InChI=1S/C22H23F3N2O/c1-28-16-4-5-17(20(9-16)22(23,24)25)14-7-13-3-2-6-27-12-15-10-26-11-19(15)18(8-14)21(13)27/h4-5,7-9,15,19,26H,2-3,6,10-12H2,1H3/t15-,19+/m0/s1. The Bertz CT molecular complexity index is 925. The largest absolute Gasteiger partial charge is 0.497 e. The molecule has 2 aromatic carbocycles. The maximum absolute atomic E-state index is 13.8. The molecule has 3 heterocycles. The molecule has 0 bridgehead atoms. The molecule has 3 aliphatic heterocycles. The fraction of sp³-hybridized carbons (Fsp3) is 0.455. The fourth-order valence-corrected chi connectivity index (χ4v) is 5.20. The molecule has 0 unspecified atom stereocenters. The highest BCUT2D eigenvalue weighted by Gasteiger charge is 2.40. The summed E-state index contributed by atoms with van der Waals surface area (Å²) in [4.78, 5) is 2.45. The molecule has 3 nitrogen and oxygen atoms in total. The quantitative estimate of drug-likeness (QED) is 0.823. The SMILES string of the molecule is COc1ccc(-c2cc3c4c(c2)[C@@H]2CNC[C@H]2CN4CCC3)c(C(F)(F)F)c1. The summed E-state index contributed by atoms with van der Waals surface area (Å²) in [7, 11) is 1.39. The van der Waals surface area contributed by atoms with E-state index >= 15 is 0 Å². The minimum atomic E-state index is -4.43. The number of alkyl halides is 3. The van der Waals surface area contributed by atoms with Crippen LogP contribution in [0.15, 0.2) is 30.3 Å². The van der Waals surface area contributed by atoms with E-state index in [9.17, 15) is 13.2 Å². The van der Waals surface area contributed by atoms with Crippen LogP contribution < -0.4 is 15.0 Å². The molecule has 0 radical (unpaired) electrons. The highest BCUT2D eigenvalue weighted by atomic mass is 19.4. The highest BCUT2D eigenvalue weighted by Crippen LogP contribution is 2.48. The number of nitrogens with one attached hydrogen (secondary N) is 1. The van der Waals surface area contributed by atoms with Crippen LogP contribution in [0.1, 0.15) is 29.0 Å². The highest BCUT2D eigenvalue weighted by molar-refractivity contribution is 5.77. The topological polar surface area (TPSA) is 24.5 Å². The summed E-state index contributed by atoms with van der Waals surface area (Å²) >= 11 is 0. The van der Waals surface area contributed by atoms with Gasteiger partial charge in [0.1, 0.15) is 5.75 Å². The molecule has 0 spiro atoms. The van der Waals surface area contributed by atoms with Gasteiger partial charge in [0.2, 0.25) is 0 Å². The van der Waals surface area contributed by atoms with Crippen molar-refractivity contribution in [2.24, 2.45) is 5.92 Å². The number of aryl methyl sites for hydroxylation is 1. The van der Waals surface area contributed by atoms with Crippen LogP contribution in [0.5, 0.6) is 5.75 Å². The van der Waals surface area contributed by atoms with Crippen LogP contribution in [-0.2, 0) is 12.6 Å². The monoisotopic (exact) mass is 388 g/mol. The molecule has 2 atom stereocenters. The second-order valence-electron chi connectivity index (χ2n) is 8.06. The molecule has 6 heteroatoms. The molecule has 0 amide bonds. The van der Waals surface area contributed by atoms with Crippen molar-refractivity contribution in [2.75, 3.05) is 38.2 Å². The van der Waals surface area contributed by atoms with Gasteiger partial charge in [-0.15, -0.1) is 0 Å². The Hall–Kier alpha value is -2.21. The van der Waals surface area contributed by atoms with Gasteiger partial charge in [-0.25, -0.2) is 0 Å². The number of methoxy groups -OCH3 is 1. The van der Waals surface area contributed by atoms with Crippen LogP contribution >= 0.6 is 0 Å². The first-order valence-corrected chi connectivity index (χ1v) is 9.84. The Balaban J connectivity index is 1.70. The Morgan fingerprint density at radius 1 is 1.14 bits per heavy atom. The lowest BCUT2D eigenvalue weighted by molar-refractivity contribution is -0.137. The number of nitrogens with zero attached hydrogens (tertiary/aromatic N) is 1. The second-order valence-corrected chi connectivity index (χ2v) is 8.06. The summed E-state index contributed by atoms with van der Waals surface area (Å²) in [5, 5.41) is 3.48. The number of rotatable bonds is 2. The van der Waals surface area contributed by atoms with Crippen molar-refractivity contribution in [3.8, 4) is 16.9 Å². The molecule has 3 aliphatic rings. The van der Waals surface area contributed by atoms with Crippen molar-refractivity contribution in [1.82, 2.24) is 5.32 Å². The molecule has 148 valence electrons. The van der Waals surface area contributed by atoms with Gasteiger partial charge < -0.3 is 15.0 Å². The molecule has 1 N–H and O–H groups in total. The lowest BCUT2D eigenvalue weighted by Crippen LogP contribution is -2.41. The fourth-order valence-electron chi connectivity index (χ4n) is 5.20. The number of fused-ring (bicyclic) bond motifs is 2. The van der Waals surface area contributed by atoms with Gasteiger partial charge in [0.25, 0.3) is 0 Å². The normalized spacial score (nSPS) is 23.4. The van der Waals surface area contributed by atoms with Crippen LogP contribution in [0.25, 0.3) is 11.1 Å². The molecule has 5 rings (SSSR count). The zero-order valence-electron chi connectivity index (χ0n) is 15.8. The zero-order chi connectivity index (χ0) is 19.5. The first-order valence-electron chi connectivity index (χ1n) is 9.84. The van der Waals surface area contributed by atoms with E-state index in [1.54, 1.807) is 12.1 Å². The third-order valence-electron chi connectivity index (χ3n) is 6.45. The van der Waals surface area contributed by atoms with Gasteiger partial charge in [-0.05, 0) is 65.3 Å².